The SMILES string of the molecule is Nc1nc([S+]=CC=CBr)nc2c1ncn2[C@@H]1O[C@H](COP(=O)(O)O)[C@@H](O)[C@H]1O. The summed E-state index contributed by atoms with van der Waals surface area (Å²) in [7, 11) is -4.75. The molecule has 0 amide bonds. The molecule has 0 aliphatic carbocycles. The van der Waals surface area contributed by atoms with Crippen LogP contribution in [0.3, 0.4) is 0 Å². The zero-order valence-electron chi connectivity index (χ0n) is 13.9. The Labute approximate surface area is 170 Å². The second-order valence-electron chi connectivity index (χ2n) is 5.62. The van der Waals surface area contributed by atoms with Gasteiger partial charge >= 0.3 is 13.0 Å². The second-order valence-corrected chi connectivity index (χ2v) is 8.26. The van der Waals surface area contributed by atoms with Crippen LogP contribution in [0.15, 0.2) is 22.5 Å². The van der Waals surface area contributed by atoms with Crippen LogP contribution < -0.4 is 5.73 Å². The van der Waals surface area contributed by atoms with E-state index in [-0.39, 0.29) is 17.0 Å². The molecule has 2 aromatic rings. The lowest BCUT2D eigenvalue weighted by Crippen LogP contribution is -2.33. The van der Waals surface area contributed by atoms with Crippen molar-refractivity contribution in [2.24, 2.45) is 0 Å². The van der Waals surface area contributed by atoms with E-state index in [1.807, 2.05) is 0 Å². The molecule has 1 aliphatic rings. The highest BCUT2D eigenvalue weighted by atomic mass is 79.9. The van der Waals surface area contributed by atoms with E-state index in [1.54, 1.807) is 16.4 Å². The predicted octanol–water partition coefficient (Wildman–Crippen LogP) is -0.711. The van der Waals surface area contributed by atoms with Gasteiger partial charge < -0.3 is 30.5 Å². The van der Waals surface area contributed by atoms with Crippen LogP contribution in [0.1, 0.15) is 6.23 Å². The molecular weight excluding hydrogens is 481 g/mol. The molecule has 0 spiro atoms. The van der Waals surface area contributed by atoms with Gasteiger partial charge in [0, 0.05) is 6.08 Å². The Morgan fingerprint density at radius 1 is 1.39 bits per heavy atom. The molecule has 28 heavy (non-hydrogen) atoms. The summed E-state index contributed by atoms with van der Waals surface area (Å²) in [5.41, 5.74) is 6.46. The fourth-order valence-electron chi connectivity index (χ4n) is 2.55. The lowest BCUT2D eigenvalue weighted by Gasteiger charge is -2.16. The number of rotatable bonds is 6. The van der Waals surface area contributed by atoms with Crippen LogP contribution in [0.4, 0.5) is 5.82 Å². The van der Waals surface area contributed by atoms with Gasteiger partial charge in [-0.2, -0.15) is 9.97 Å². The van der Waals surface area contributed by atoms with Crippen molar-refractivity contribution < 1.29 is 33.8 Å². The third-order valence-electron chi connectivity index (χ3n) is 3.77. The van der Waals surface area contributed by atoms with Crippen LogP contribution in [0, 0.1) is 0 Å². The number of nitrogens with zero attached hydrogens (tertiary/aromatic N) is 4. The van der Waals surface area contributed by atoms with E-state index >= 15 is 0 Å². The van der Waals surface area contributed by atoms with E-state index in [9.17, 15) is 14.8 Å². The van der Waals surface area contributed by atoms with Gasteiger partial charge in [-0.25, -0.2) is 9.55 Å². The minimum absolute atomic E-state index is 0.122. The number of anilines is 1. The topological polar surface area (TPSA) is 186 Å². The van der Waals surface area contributed by atoms with Gasteiger partial charge in [0.1, 0.15) is 18.3 Å². The Morgan fingerprint density at radius 3 is 2.82 bits per heavy atom. The number of aliphatic hydroxyl groups excluding tert-OH is 2. The summed E-state index contributed by atoms with van der Waals surface area (Å²) in [5.74, 6) is 0.122. The van der Waals surface area contributed by atoms with Crippen LogP contribution in [0.25, 0.3) is 11.2 Å². The van der Waals surface area contributed by atoms with Gasteiger partial charge in [0.05, 0.1) is 12.9 Å². The first-order valence-electron chi connectivity index (χ1n) is 7.68. The Balaban J connectivity index is 1.91. The van der Waals surface area contributed by atoms with Crippen molar-refractivity contribution >= 4 is 57.5 Å². The molecule has 3 heterocycles. The monoisotopic (exact) mass is 496 g/mol. The van der Waals surface area contributed by atoms with Gasteiger partial charge in [0.25, 0.3) is 11.4 Å². The van der Waals surface area contributed by atoms with E-state index < -0.39 is 39.0 Å². The smallest absolute Gasteiger partial charge is 0.387 e. The van der Waals surface area contributed by atoms with Crippen LogP contribution in [0.5, 0.6) is 0 Å². The number of aromatic nitrogens is 4. The standard InChI is InChI=1S/C13H15BrN5O7PS/c14-2-1-3-28-13-17-10(15)7-11(18-13)19(5-16-7)12-9(21)8(20)6(26-12)4-25-27(22,23)24/h1-3,5-6,8-9,12,20-21H,4H2,(H3-,15,17,18,22,23,24)/p+1/t6-,8-,9-,12-/m1/s1. The normalized spacial score (nSPS) is 26.2. The maximum Gasteiger partial charge on any atom is 0.469 e. The Kier molecular flexibility index (Phi) is 6.54. The number of aliphatic hydroxyl groups is 2. The molecule has 3 rings (SSSR count). The molecule has 15 heteroatoms. The molecule has 12 nitrogen and oxygen atoms in total. The maximum atomic E-state index is 10.9. The fraction of sp³-hybridized carbons (Fsp3) is 0.385. The summed E-state index contributed by atoms with van der Waals surface area (Å²) in [6.07, 6.45) is -2.12. The molecule has 2 aromatic heterocycles. The van der Waals surface area contributed by atoms with Crippen molar-refractivity contribution in [1.29, 1.82) is 0 Å². The molecule has 4 atom stereocenters. The average molecular weight is 497 g/mol. The molecule has 1 aliphatic heterocycles. The second kappa shape index (κ2) is 8.57. The lowest BCUT2D eigenvalue weighted by molar-refractivity contribution is -0.0504. The summed E-state index contributed by atoms with van der Waals surface area (Å²) in [5, 5.41) is 22.5. The number of nitrogens with two attached hydrogens (primary N) is 1. The molecule has 0 saturated carbocycles. The molecule has 152 valence electrons. The maximum absolute atomic E-state index is 10.9. The van der Waals surface area contributed by atoms with Crippen molar-refractivity contribution in [2.45, 2.75) is 29.7 Å². The van der Waals surface area contributed by atoms with E-state index in [1.165, 1.54) is 22.2 Å². The number of halogens is 1. The molecular formula is C13H16BrN5O7PS+. The number of imidazole rings is 1. The first kappa shape index (κ1) is 21.4. The Hall–Kier alpha value is -1.35. The van der Waals surface area contributed by atoms with Crippen molar-refractivity contribution in [3.8, 4) is 0 Å². The van der Waals surface area contributed by atoms with Crippen LogP contribution in [0.2, 0.25) is 0 Å². The van der Waals surface area contributed by atoms with Gasteiger partial charge in [0.15, 0.2) is 23.2 Å². The van der Waals surface area contributed by atoms with Crippen LogP contribution >= 0.6 is 23.8 Å². The van der Waals surface area contributed by atoms with Crippen molar-refractivity contribution in [1.82, 2.24) is 19.5 Å². The Bertz CT molecular complexity index is 966. The summed E-state index contributed by atoms with van der Waals surface area (Å²) in [6, 6.07) is 0. The van der Waals surface area contributed by atoms with Crippen molar-refractivity contribution in [3.63, 3.8) is 0 Å². The summed E-state index contributed by atoms with van der Waals surface area (Å²) in [6.45, 7) is -0.613. The van der Waals surface area contributed by atoms with E-state index in [2.05, 4.69) is 35.4 Å². The number of hydrogen-bond donors (Lipinski definition) is 5. The quantitative estimate of drug-likeness (QED) is 0.112. The fourth-order valence-corrected chi connectivity index (χ4v) is 3.82. The summed E-state index contributed by atoms with van der Waals surface area (Å²) in [4.78, 5) is 31.8. The highest BCUT2D eigenvalue weighted by Crippen LogP contribution is 2.38. The number of fused-ring (bicyclic) bond motifs is 1. The van der Waals surface area contributed by atoms with Crippen LogP contribution in [-0.2, 0) is 25.2 Å². The zero-order valence-corrected chi connectivity index (χ0v) is 17.2. The average Bonchev–Trinajstić information content (AvgIpc) is 3.15. The minimum Gasteiger partial charge on any atom is -0.387 e. The molecule has 0 bridgehead atoms. The van der Waals surface area contributed by atoms with Gasteiger partial charge in [-0.05, 0) is 4.99 Å². The van der Waals surface area contributed by atoms with E-state index in [0.29, 0.717) is 5.16 Å². The van der Waals surface area contributed by atoms with Crippen molar-refractivity contribution in [3.05, 3.63) is 17.4 Å². The van der Waals surface area contributed by atoms with Crippen LogP contribution in [-0.4, -0.2) is 69.8 Å². The Morgan fingerprint density at radius 2 is 2.14 bits per heavy atom. The number of nitrogen functional groups attached to an aromatic ring is 1. The first-order chi connectivity index (χ1) is 13.2. The van der Waals surface area contributed by atoms with E-state index in [0.717, 1.165) is 0 Å². The highest BCUT2D eigenvalue weighted by Gasteiger charge is 2.45. The van der Waals surface area contributed by atoms with Crippen molar-refractivity contribution in [2.75, 3.05) is 12.3 Å². The summed E-state index contributed by atoms with van der Waals surface area (Å²) >= 11 is 4.34. The molecule has 1 saturated heterocycles. The number of hydrogen-bond acceptors (Lipinski definition) is 9. The number of allylic oxidation sites excluding steroid dienone is 1. The molecule has 0 aromatic carbocycles. The number of phosphoric ester groups is 1. The molecule has 1 fully saturated rings. The summed E-state index contributed by atoms with van der Waals surface area (Å²) < 4.78 is 22.1. The third kappa shape index (κ3) is 4.62. The number of ether oxygens (including phenoxy) is 1. The minimum atomic E-state index is -4.75. The van der Waals surface area contributed by atoms with E-state index in [4.69, 9.17) is 20.3 Å². The highest BCUT2D eigenvalue weighted by molar-refractivity contribution is 9.11. The lowest BCUT2D eigenvalue weighted by atomic mass is 10.1. The van der Waals surface area contributed by atoms with Gasteiger partial charge in [-0.1, -0.05) is 15.9 Å². The number of phosphoric acid groups is 1. The molecule has 0 unspecified atom stereocenters. The largest absolute Gasteiger partial charge is 0.469 e. The van der Waals surface area contributed by atoms with Gasteiger partial charge in [-0.3, -0.25) is 9.09 Å². The zero-order chi connectivity index (χ0) is 20.5. The van der Waals surface area contributed by atoms with Gasteiger partial charge in [-0.15, -0.1) is 0 Å². The molecule has 6 N–H and O–H groups in total. The molecule has 0 radical (unpaired) electrons. The first-order valence-corrected chi connectivity index (χ1v) is 11.0. The predicted molar refractivity (Wildman–Crippen MR) is 103 cm³/mol. The van der Waals surface area contributed by atoms with Gasteiger partial charge in [0.2, 0.25) is 5.37 Å². The third-order valence-corrected chi connectivity index (χ3v) is 5.25.